The summed E-state index contributed by atoms with van der Waals surface area (Å²) in [5, 5.41) is 15.7. The quantitative estimate of drug-likeness (QED) is 0.214. The summed E-state index contributed by atoms with van der Waals surface area (Å²) in [6, 6.07) is 11.7. The number of ether oxygens (including phenoxy) is 1. The smallest absolute Gasteiger partial charge is 0.417 e. The van der Waals surface area contributed by atoms with Crippen molar-refractivity contribution >= 4 is 29.9 Å². The standard InChI is InChI=1S/C19H23F3N4O2.HI/c1-23-18(26-11-15(13-27)14-5-3-2-4-6-14)24-9-10-28-17-8-7-16(12-25-17)19(20,21)22;/h2-8,12,15,27H,9-11,13H2,1H3,(H2,23,24,26);1H. The van der Waals surface area contributed by atoms with Gasteiger partial charge in [-0.15, -0.1) is 24.0 Å². The Balaban J connectivity index is 0.00000420. The van der Waals surface area contributed by atoms with E-state index < -0.39 is 11.7 Å². The van der Waals surface area contributed by atoms with Gasteiger partial charge in [0.15, 0.2) is 5.96 Å². The van der Waals surface area contributed by atoms with Crippen molar-refractivity contribution in [2.45, 2.75) is 12.1 Å². The molecule has 1 aromatic heterocycles. The van der Waals surface area contributed by atoms with Gasteiger partial charge in [-0.1, -0.05) is 30.3 Å². The minimum atomic E-state index is -4.42. The molecule has 2 rings (SSSR count). The number of alkyl halides is 3. The van der Waals surface area contributed by atoms with Crippen LogP contribution in [0.1, 0.15) is 17.0 Å². The molecule has 0 spiro atoms. The highest BCUT2D eigenvalue weighted by Gasteiger charge is 2.30. The number of benzene rings is 1. The molecule has 0 radical (unpaired) electrons. The number of pyridine rings is 1. The Morgan fingerprint density at radius 3 is 2.45 bits per heavy atom. The van der Waals surface area contributed by atoms with Crippen LogP contribution >= 0.6 is 24.0 Å². The van der Waals surface area contributed by atoms with Crippen molar-refractivity contribution in [3.63, 3.8) is 0 Å². The Morgan fingerprint density at radius 1 is 1.17 bits per heavy atom. The molecule has 0 aliphatic rings. The van der Waals surface area contributed by atoms with Crippen LogP contribution in [0.25, 0.3) is 0 Å². The van der Waals surface area contributed by atoms with Gasteiger partial charge in [-0.3, -0.25) is 4.99 Å². The van der Waals surface area contributed by atoms with E-state index in [0.29, 0.717) is 19.0 Å². The Hall–Kier alpha value is -2.08. The Morgan fingerprint density at radius 2 is 1.90 bits per heavy atom. The number of rotatable bonds is 8. The molecule has 0 fully saturated rings. The topological polar surface area (TPSA) is 78.8 Å². The second-order valence-corrected chi connectivity index (χ2v) is 5.90. The molecule has 0 aliphatic carbocycles. The zero-order chi connectivity index (χ0) is 20.4. The van der Waals surface area contributed by atoms with Gasteiger partial charge < -0.3 is 20.5 Å². The van der Waals surface area contributed by atoms with Gasteiger partial charge in [-0.25, -0.2) is 4.98 Å². The normalized spacial score (nSPS) is 12.7. The molecule has 2 aromatic rings. The molecule has 1 atom stereocenters. The van der Waals surface area contributed by atoms with Crippen LogP contribution in [0.5, 0.6) is 5.88 Å². The third-order valence-corrected chi connectivity index (χ3v) is 3.94. The molecule has 0 bridgehead atoms. The third-order valence-electron chi connectivity index (χ3n) is 3.94. The molecule has 160 valence electrons. The zero-order valence-corrected chi connectivity index (χ0v) is 18.1. The lowest BCUT2D eigenvalue weighted by Crippen LogP contribution is -2.41. The Labute approximate surface area is 184 Å². The van der Waals surface area contributed by atoms with Gasteiger partial charge in [-0.2, -0.15) is 13.2 Å². The number of aromatic nitrogens is 1. The maximum Gasteiger partial charge on any atom is 0.417 e. The molecule has 0 saturated heterocycles. The number of aliphatic hydroxyl groups is 1. The molecule has 10 heteroatoms. The SMILES string of the molecule is CN=C(NCCOc1ccc(C(F)(F)F)cn1)NCC(CO)c1ccccc1.I. The number of nitrogens with one attached hydrogen (secondary N) is 2. The van der Waals surface area contributed by atoms with Crippen molar-refractivity contribution < 1.29 is 23.0 Å². The molecule has 1 unspecified atom stereocenters. The lowest BCUT2D eigenvalue weighted by molar-refractivity contribution is -0.137. The number of aliphatic hydroxyl groups excluding tert-OH is 1. The number of hydrogen-bond donors (Lipinski definition) is 3. The third kappa shape index (κ3) is 8.44. The van der Waals surface area contributed by atoms with Gasteiger partial charge >= 0.3 is 6.18 Å². The fourth-order valence-corrected chi connectivity index (χ4v) is 2.41. The molecule has 3 N–H and O–H groups in total. The van der Waals surface area contributed by atoms with E-state index in [4.69, 9.17) is 4.74 Å². The summed E-state index contributed by atoms with van der Waals surface area (Å²) in [6.07, 6.45) is -3.68. The second kappa shape index (κ2) is 12.5. The maximum atomic E-state index is 12.5. The first kappa shape index (κ1) is 25.0. The fraction of sp³-hybridized carbons (Fsp3) is 0.368. The number of halogens is 4. The van der Waals surface area contributed by atoms with Crippen LogP contribution in [-0.2, 0) is 6.18 Å². The van der Waals surface area contributed by atoms with Crippen LogP contribution in [-0.4, -0.2) is 49.4 Å². The van der Waals surface area contributed by atoms with E-state index in [-0.39, 0.29) is 49.0 Å². The summed E-state index contributed by atoms with van der Waals surface area (Å²) in [5.41, 5.74) is 0.198. The highest BCUT2D eigenvalue weighted by molar-refractivity contribution is 14.0. The van der Waals surface area contributed by atoms with E-state index in [9.17, 15) is 18.3 Å². The minimum Gasteiger partial charge on any atom is -0.476 e. The summed E-state index contributed by atoms with van der Waals surface area (Å²) in [4.78, 5) is 7.73. The summed E-state index contributed by atoms with van der Waals surface area (Å²) < 4.78 is 42.8. The van der Waals surface area contributed by atoms with Gasteiger partial charge in [0.25, 0.3) is 0 Å². The van der Waals surface area contributed by atoms with Gasteiger partial charge in [0.05, 0.1) is 18.7 Å². The van der Waals surface area contributed by atoms with Crippen LogP contribution in [0, 0.1) is 0 Å². The highest BCUT2D eigenvalue weighted by atomic mass is 127. The van der Waals surface area contributed by atoms with Crippen molar-refractivity contribution in [1.29, 1.82) is 0 Å². The lowest BCUT2D eigenvalue weighted by atomic mass is 10.0. The predicted octanol–water partition coefficient (Wildman–Crippen LogP) is 3.04. The Kier molecular flexibility index (Phi) is 10.7. The number of hydrogen-bond acceptors (Lipinski definition) is 4. The number of aliphatic imine (C=N–C) groups is 1. The molecule has 1 aromatic carbocycles. The lowest BCUT2D eigenvalue weighted by Gasteiger charge is -2.18. The van der Waals surface area contributed by atoms with Gasteiger partial charge in [0, 0.05) is 31.8 Å². The minimum absolute atomic E-state index is 0. The first-order valence-electron chi connectivity index (χ1n) is 8.70. The van der Waals surface area contributed by atoms with Crippen molar-refractivity contribution in [3.8, 4) is 5.88 Å². The Bertz CT molecular complexity index is 743. The summed E-state index contributed by atoms with van der Waals surface area (Å²) in [6.45, 7) is 1.05. The van der Waals surface area contributed by atoms with E-state index in [1.807, 2.05) is 30.3 Å². The van der Waals surface area contributed by atoms with Crippen molar-refractivity contribution in [2.24, 2.45) is 4.99 Å². The highest BCUT2D eigenvalue weighted by Crippen LogP contribution is 2.29. The molecular weight excluding hydrogens is 500 g/mol. The molecular formula is C19H24F3IN4O2. The summed E-state index contributed by atoms with van der Waals surface area (Å²) in [5.74, 6) is 0.563. The van der Waals surface area contributed by atoms with Crippen LogP contribution in [0.15, 0.2) is 53.7 Å². The first-order chi connectivity index (χ1) is 13.4. The van der Waals surface area contributed by atoms with E-state index in [0.717, 1.165) is 17.8 Å². The predicted molar refractivity (Wildman–Crippen MR) is 116 cm³/mol. The van der Waals surface area contributed by atoms with Crippen LogP contribution in [0.3, 0.4) is 0 Å². The van der Waals surface area contributed by atoms with E-state index >= 15 is 0 Å². The van der Waals surface area contributed by atoms with Crippen LogP contribution in [0.4, 0.5) is 13.2 Å². The molecule has 6 nitrogen and oxygen atoms in total. The zero-order valence-electron chi connectivity index (χ0n) is 15.8. The van der Waals surface area contributed by atoms with E-state index in [1.54, 1.807) is 7.05 Å². The van der Waals surface area contributed by atoms with E-state index in [1.165, 1.54) is 6.07 Å². The average Bonchev–Trinajstić information content (AvgIpc) is 2.70. The summed E-state index contributed by atoms with van der Waals surface area (Å²) >= 11 is 0. The van der Waals surface area contributed by atoms with E-state index in [2.05, 4.69) is 20.6 Å². The van der Waals surface area contributed by atoms with Crippen molar-refractivity contribution in [3.05, 3.63) is 59.8 Å². The second-order valence-electron chi connectivity index (χ2n) is 5.90. The van der Waals surface area contributed by atoms with Crippen LogP contribution < -0.4 is 15.4 Å². The molecule has 0 saturated carbocycles. The fourth-order valence-electron chi connectivity index (χ4n) is 2.41. The van der Waals surface area contributed by atoms with Crippen molar-refractivity contribution in [1.82, 2.24) is 15.6 Å². The van der Waals surface area contributed by atoms with Crippen LogP contribution in [0.2, 0.25) is 0 Å². The maximum absolute atomic E-state index is 12.5. The first-order valence-corrected chi connectivity index (χ1v) is 8.70. The number of guanidine groups is 1. The average molecular weight is 524 g/mol. The molecule has 0 aliphatic heterocycles. The van der Waals surface area contributed by atoms with Gasteiger partial charge in [0.1, 0.15) is 6.61 Å². The summed E-state index contributed by atoms with van der Waals surface area (Å²) in [7, 11) is 1.62. The molecule has 0 amide bonds. The van der Waals surface area contributed by atoms with Gasteiger partial charge in [0.2, 0.25) is 5.88 Å². The largest absolute Gasteiger partial charge is 0.476 e. The molecule has 29 heavy (non-hydrogen) atoms. The van der Waals surface area contributed by atoms with Crippen molar-refractivity contribution in [2.75, 3.05) is 33.4 Å². The van der Waals surface area contributed by atoms with Gasteiger partial charge in [-0.05, 0) is 11.6 Å². The monoisotopic (exact) mass is 524 g/mol. The number of nitrogens with zero attached hydrogens (tertiary/aromatic N) is 2. The molecule has 1 heterocycles.